The van der Waals surface area contributed by atoms with Gasteiger partial charge in [0.05, 0.1) is 11.2 Å². The van der Waals surface area contributed by atoms with Crippen LogP contribution in [-0.4, -0.2) is 53.7 Å². The fraction of sp³-hybridized carbons (Fsp3) is 0.435. The summed E-state index contributed by atoms with van der Waals surface area (Å²) in [6.45, 7) is 5.34. The van der Waals surface area contributed by atoms with Crippen LogP contribution in [0, 0.1) is 11.3 Å². The number of pyridine rings is 1. The number of halogens is 1. The van der Waals surface area contributed by atoms with Gasteiger partial charge < -0.3 is 15.0 Å². The van der Waals surface area contributed by atoms with Crippen LogP contribution in [-0.2, 0) is 16.0 Å². The molecule has 4 rings (SSSR count). The third-order valence-electron chi connectivity index (χ3n) is 5.45. The van der Waals surface area contributed by atoms with Crippen LogP contribution in [0.3, 0.4) is 0 Å². The van der Waals surface area contributed by atoms with Gasteiger partial charge in [-0.3, -0.25) is 9.78 Å². The lowest BCUT2D eigenvalue weighted by Crippen LogP contribution is -2.60. The highest BCUT2D eigenvalue weighted by Crippen LogP contribution is 2.29. The number of nitriles is 1. The topological polar surface area (TPSA) is 78.2 Å². The molecule has 2 saturated heterocycles. The van der Waals surface area contributed by atoms with Gasteiger partial charge in [-0.25, -0.2) is 0 Å². The number of nitrogens with zero attached hydrogens (tertiary/aromatic N) is 3. The maximum Gasteiger partial charge on any atom is 0.248 e. The summed E-state index contributed by atoms with van der Waals surface area (Å²) in [6, 6.07) is 17.8. The van der Waals surface area contributed by atoms with Gasteiger partial charge >= 0.3 is 0 Å². The lowest BCUT2D eigenvalue weighted by atomic mass is 9.89. The second-order valence-electron chi connectivity index (χ2n) is 7.56. The maximum atomic E-state index is 11.5. The first-order valence-electron chi connectivity index (χ1n) is 10.1. The Bertz CT molecular complexity index is 789. The summed E-state index contributed by atoms with van der Waals surface area (Å²) in [4.78, 5) is 18.2. The number of rotatable bonds is 3. The van der Waals surface area contributed by atoms with E-state index in [9.17, 15) is 4.79 Å². The SMILES string of the molecule is CC1OC2(CCN(CCc3ccc(C#N)cn3)CC2)CNC1=O.Cl.c1ccccc1. The quantitative estimate of drug-likeness (QED) is 0.813. The number of aromatic nitrogens is 1. The number of nitrogens with one attached hydrogen (secondary N) is 1. The Hall–Kier alpha value is -2.46. The Morgan fingerprint density at radius 1 is 1.20 bits per heavy atom. The summed E-state index contributed by atoms with van der Waals surface area (Å²) in [5, 5.41) is 11.7. The Labute approximate surface area is 184 Å². The molecule has 0 aliphatic carbocycles. The minimum absolute atomic E-state index is 0. The molecule has 30 heavy (non-hydrogen) atoms. The van der Waals surface area contributed by atoms with Crippen LogP contribution in [0.15, 0.2) is 54.7 Å². The molecular formula is C23H29ClN4O2. The van der Waals surface area contributed by atoms with Gasteiger partial charge in [0, 0.05) is 44.5 Å². The van der Waals surface area contributed by atoms with Gasteiger partial charge in [0.1, 0.15) is 12.2 Å². The van der Waals surface area contributed by atoms with Crippen molar-refractivity contribution in [2.45, 2.75) is 37.9 Å². The average molecular weight is 429 g/mol. The summed E-state index contributed by atoms with van der Waals surface area (Å²) in [5.41, 5.74) is 1.43. The highest BCUT2D eigenvalue weighted by atomic mass is 35.5. The van der Waals surface area contributed by atoms with Gasteiger partial charge in [0.15, 0.2) is 0 Å². The van der Waals surface area contributed by atoms with Gasteiger partial charge in [-0.2, -0.15) is 5.26 Å². The van der Waals surface area contributed by atoms with E-state index in [1.165, 1.54) is 0 Å². The zero-order chi connectivity index (χ0) is 20.5. The van der Waals surface area contributed by atoms with E-state index in [0.717, 1.165) is 44.6 Å². The molecule has 2 aliphatic heterocycles. The van der Waals surface area contributed by atoms with E-state index in [-0.39, 0.29) is 30.0 Å². The van der Waals surface area contributed by atoms with Crippen LogP contribution in [0.1, 0.15) is 31.0 Å². The minimum Gasteiger partial charge on any atom is -0.360 e. The first-order valence-corrected chi connectivity index (χ1v) is 10.1. The highest BCUT2D eigenvalue weighted by Gasteiger charge is 2.41. The van der Waals surface area contributed by atoms with E-state index in [1.54, 1.807) is 6.20 Å². The van der Waals surface area contributed by atoms with Crippen molar-refractivity contribution in [3.8, 4) is 6.07 Å². The monoisotopic (exact) mass is 428 g/mol. The Morgan fingerprint density at radius 2 is 1.83 bits per heavy atom. The van der Waals surface area contributed by atoms with E-state index >= 15 is 0 Å². The average Bonchev–Trinajstić information content (AvgIpc) is 2.78. The second-order valence-corrected chi connectivity index (χ2v) is 7.56. The number of amides is 1. The van der Waals surface area contributed by atoms with Crippen molar-refractivity contribution in [2.75, 3.05) is 26.2 Å². The lowest BCUT2D eigenvalue weighted by Gasteiger charge is -2.45. The molecule has 1 aromatic heterocycles. The van der Waals surface area contributed by atoms with Crippen LogP contribution in [0.5, 0.6) is 0 Å². The molecule has 0 radical (unpaired) electrons. The smallest absolute Gasteiger partial charge is 0.248 e. The molecule has 1 atom stereocenters. The van der Waals surface area contributed by atoms with E-state index in [0.29, 0.717) is 12.1 Å². The van der Waals surface area contributed by atoms with E-state index in [1.807, 2.05) is 55.5 Å². The third-order valence-corrected chi connectivity index (χ3v) is 5.45. The number of hydrogen-bond acceptors (Lipinski definition) is 5. The van der Waals surface area contributed by atoms with Crippen molar-refractivity contribution in [1.82, 2.24) is 15.2 Å². The van der Waals surface area contributed by atoms with Crippen LogP contribution >= 0.6 is 12.4 Å². The molecule has 2 aliphatic rings. The molecule has 0 saturated carbocycles. The minimum atomic E-state index is -0.349. The van der Waals surface area contributed by atoms with Gasteiger partial charge in [-0.1, -0.05) is 36.4 Å². The molecule has 7 heteroatoms. The predicted octanol–water partition coefficient (Wildman–Crippen LogP) is 2.97. The summed E-state index contributed by atoms with van der Waals surface area (Å²) in [7, 11) is 0. The van der Waals surface area contributed by atoms with Crippen molar-refractivity contribution < 1.29 is 9.53 Å². The van der Waals surface area contributed by atoms with Crippen LogP contribution in [0.4, 0.5) is 0 Å². The standard InChI is InChI=1S/C17H22N4O2.C6H6.ClH/c1-13-16(22)20-12-17(23-13)5-8-21(9-6-17)7-4-15-3-2-14(10-18)11-19-15;1-2-4-6-5-3-1;/h2-3,11,13H,4-9,12H2,1H3,(H,20,22);1-6H;1H. The van der Waals surface area contributed by atoms with Crippen molar-refractivity contribution in [2.24, 2.45) is 0 Å². The number of carbonyl (C=O) groups excluding carboxylic acids is 1. The van der Waals surface area contributed by atoms with E-state index in [4.69, 9.17) is 10.00 Å². The molecule has 0 bridgehead atoms. The third kappa shape index (κ3) is 6.81. The molecule has 1 spiro atoms. The Morgan fingerprint density at radius 3 is 2.33 bits per heavy atom. The fourth-order valence-corrected chi connectivity index (χ4v) is 3.64. The molecule has 2 fully saturated rings. The molecule has 1 amide bonds. The molecule has 2 aromatic rings. The van der Waals surface area contributed by atoms with Crippen LogP contribution < -0.4 is 5.32 Å². The zero-order valence-electron chi connectivity index (χ0n) is 17.3. The first-order chi connectivity index (χ1) is 14.1. The van der Waals surface area contributed by atoms with Gasteiger partial charge in [0.25, 0.3) is 0 Å². The number of benzene rings is 1. The van der Waals surface area contributed by atoms with Crippen molar-refractivity contribution in [1.29, 1.82) is 5.26 Å². The summed E-state index contributed by atoms with van der Waals surface area (Å²) >= 11 is 0. The number of hydrogen-bond donors (Lipinski definition) is 1. The Balaban J connectivity index is 0.000000395. The first kappa shape index (κ1) is 23.8. The predicted molar refractivity (Wildman–Crippen MR) is 118 cm³/mol. The zero-order valence-corrected chi connectivity index (χ0v) is 18.1. The molecular weight excluding hydrogens is 400 g/mol. The van der Waals surface area contributed by atoms with Crippen molar-refractivity contribution in [3.63, 3.8) is 0 Å². The molecule has 1 unspecified atom stereocenters. The summed E-state index contributed by atoms with van der Waals surface area (Å²) in [5.74, 6) is -0.00931. The van der Waals surface area contributed by atoms with Gasteiger partial charge in [-0.15, -0.1) is 12.4 Å². The number of piperidine rings is 1. The summed E-state index contributed by atoms with van der Waals surface area (Å²) in [6.07, 6.45) is 4.04. The largest absolute Gasteiger partial charge is 0.360 e. The number of ether oxygens (including phenoxy) is 1. The number of morpholine rings is 1. The normalized spacial score (nSPS) is 20.1. The van der Waals surface area contributed by atoms with E-state index < -0.39 is 0 Å². The number of carbonyl (C=O) groups is 1. The molecule has 3 heterocycles. The van der Waals surface area contributed by atoms with Gasteiger partial charge in [-0.05, 0) is 31.9 Å². The second kappa shape index (κ2) is 11.7. The lowest BCUT2D eigenvalue weighted by molar-refractivity contribution is -0.167. The Kier molecular flexibility index (Phi) is 9.25. The number of likely N-dealkylation sites (tertiary alicyclic amines) is 1. The summed E-state index contributed by atoms with van der Waals surface area (Å²) < 4.78 is 5.98. The van der Waals surface area contributed by atoms with Gasteiger partial charge in [0.2, 0.25) is 5.91 Å². The van der Waals surface area contributed by atoms with Crippen molar-refractivity contribution in [3.05, 3.63) is 66.0 Å². The molecule has 1 N–H and O–H groups in total. The molecule has 6 nitrogen and oxygen atoms in total. The maximum absolute atomic E-state index is 11.5. The molecule has 1 aromatic carbocycles. The van der Waals surface area contributed by atoms with Crippen LogP contribution in [0.25, 0.3) is 0 Å². The van der Waals surface area contributed by atoms with Crippen LogP contribution in [0.2, 0.25) is 0 Å². The highest BCUT2D eigenvalue weighted by molar-refractivity contribution is 5.85. The van der Waals surface area contributed by atoms with Crippen molar-refractivity contribution >= 4 is 18.3 Å². The fourth-order valence-electron chi connectivity index (χ4n) is 3.64. The molecule has 160 valence electrons. The van der Waals surface area contributed by atoms with E-state index in [2.05, 4.69) is 21.3 Å².